The number of amides is 1. The summed E-state index contributed by atoms with van der Waals surface area (Å²) in [7, 11) is 0. The van der Waals surface area contributed by atoms with Crippen LogP contribution in [-0.2, 0) is 4.74 Å². The molecule has 0 aliphatic rings. The highest BCUT2D eigenvalue weighted by Gasteiger charge is 2.28. The van der Waals surface area contributed by atoms with Gasteiger partial charge in [0.2, 0.25) is 0 Å². The lowest BCUT2D eigenvalue weighted by Crippen LogP contribution is -2.37. The summed E-state index contributed by atoms with van der Waals surface area (Å²) in [6.07, 6.45) is -4.45. The van der Waals surface area contributed by atoms with Gasteiger partial charge in [-0.25, -0.2) is 0 Å². The maximum atomic E-state index is 12.1. The Bertz CT molecular complexity index is 561. The molecule has 0 saturated carbocycles. The van der Waals surface area contributed by atoms with Gasteiger partial charge in [-0.1, -0.05) is 12.1 Å². The van der Waals surface area contributed by atoms with Crippen LogP contribution in [0.4, 0.5) is 18.9 Å². The molecule has 0 radical (unpaired) electrons. The van der Waals surface area contributed by atoms with Gasteiger partial charge in [-0.15, -0.1) is 0 Å². The standard InChI is InChI=1S/C13H15F3N2O4/c1-8-4-3-5-10(18(20)21)11(8)12(19)17-9(2)6-22-7-13(14,15)16/h3-5,9H,6-7H2,1-2H3,(H,17,19). The van der Waals surface area contributed by atoms with E-state index < -0.39 is 29.7 Å². The zero-order chi connectivity index (χ0) is 16.9. The monoisotopic (exact) mass is 320 g/mol. The number of halogens is 3. The van der Waals surface area contributed by atoms with Crippen LogP contribution in [0.25, 0.3) is 0 Å². The van der Waals surface area contributed by atoms with Gasteiger partial charge in [-0.05, 0) is 19.4 Å². The number of benzene rings is 1. The van der Waals surface area contributed by atoms with Gasteiger partial charge in [0.25, 0.3) is 11.6 Å². The largest absolute Gasteiger partial charge is 0.411 e. The molecule has 0 bridgehead atoms. The summed E-state index contributed by atoms with van der Waals surface area (Å²) in [5.74, 6) is -0.729. The molecule has 0 spiro atoms. The van der Waals surface area contributed by atoms with Crippen molar-refractivity contribution in [3.8, 4) is 0 Å². The van der Waals surface area contributed by atoms with Crippen molar-refractivity contribution in [3.05, 3.63) is 39.4 Å². The number of ether oxygens (including phenoxy) is 1. The maximum Gasteiger partial charge on any atom is 0.411 e. The Morgan fingerprint density at radius 3 is 2.64 bits per heavy atom. The molecule has 0 aromatic heterocycles. The molecule has 1 atom stereocenters. The summed E-state index contributed by atoms with van der Waals surface area (Å²) in [4.78, 5) is 22.3. The Morgan fingerprint density at radius 2 is 2.09 bits per heavy atom. The number of alkyl halides is 3. The molecule has 22 heavy (non-hydrogen) atoms. The van der Waals surface area contributed by atoms with E-state index in [0.29, 0.717) is 5.56 Å². The van der Waals surface area contributed by atoms with Crippen LogP contribution >= 0.6 is 0 Å². The smallest absolute Gasteiger partial charge is 0.370 e. The lowest BCUT2D eigenvalue weighted by molar-refractivity contribution is -0.385. The van der Waals surface area contributed by atoms with Crippen LogP contribution in [-0.4, -0.2) is 36.3 Å². The van der Waals surface area contributed by atoms with E-state index in [-0.39, 0.29) is 17.9 Å². The van der Waals surface area contributed by atoms with Gasteiger partial charge in [0.15, 0.2) is 0 Å². The zero-order valence-electron chi connectivity index (χ0n) is 11.9. The fourth-order valence-electron chi connectivity index (χ4n) is 1.79. The first-order valence-corrected chi connectivity index (χ1v) is 6.31. The molecule has 122 valence electrons. The van der Waals surface area contributed by atoms with Crippen molar-refractivity contribution in [1.82, 2.24) is 5.32 Å². The molecule has 0 saturated heterocycles. The number of nitrogens with zero attached hydrogens (tertiary/aromatic N) is 1. The van der Waals surface area contributed by atoms with Crippen LogP contribution in [0.3, 0.4) is 0 Å². The van der Waals surface area contributed by atoms with Crippen molar-refractivity contribution in [1.29, 1.82) is 0 Å². The highest BCUT2D eigenvalue weighted by atomic mass is 19.4. The topological polar surface area (TPSA) is 81.5 Å². The molecule has 1 aromatic rings. The van der Waals surface area contributed by atoms with Gasteiger partial charge >= 0.3 is 6.18 Å². The minimum absolute atomic E-state index is 0.116. The third-order valence-corrected chi connectivity index (χ3v) is 2.69. The molecule has 9 heteroatoms. The number of carbonyl (C=O) groups excluding carboxylic acids is 1. The van der Waals surface area contributed by atoms with Crippen LogP contribution in [0.2, 0.25) is 0 Å². The third-order valence-electron chi connectivity index (χ3n) is 2.69. The highest BCUT2D eigenvalue weighted by molar-refractivity contribution is 5.99. The number of rotatable bonds is 6. The minimum atomic E-state index is -4.45. The Labute approximate surface area is 124 Å². The zero-order valence-corrected chi connectivity index (χ0v) is 11.9. The summed E-state index contributed by atoms with van der Waals surface area (Å²) in [6, 6.07) is 3.44. The minimum Gasteiger partial charge on any atom is -0.370 e. The molecule has 1 N–H and O–H groups in total. The second-order valence-corrected chi connectivity index (χ2v) is 4.73. The van der Waals surface area contributed by atoms with Crippen molar-refractivity contribution in [2.75, 3.05) is 13.2 Å². The van der Waals surface area contributed by atoms with Gasteiger partial charge in [0.05, 0.1) is 11.5 Å². The van der Waals surface area contributed by atoms with Crippen LogP contribution < -0.4 is 5.32 Å². The van der Waals surface area contributed by atoms with Crippen molar-refractivity contribution in [2.24, 2.45) is 0 Å². The SMILES string of the molecule is Cc1cccc([N+](=O)[O-])c1C(=O)NC(C)COCC(F)(F)F. The van der Waals surface area contributed by atoms with Crippen molar-refractivity contribution >= 4 is 11.6 Å². The first-order chi connectivity index (χ1) is 10.1. The number of carbonyl (C=O) groups is 1. The van der Waals surface area contributed by atoms with Crippen LogP contribution in [0.5, 0.6) is 0 Å². The lowest BCUT2D eigenvalue weighted by atomic mass is 10.1. The average molecular weight is 320 g/mol. The Kier molecular flexibility index (Phi) is 5.86. The summed E-state index contributed by atoms with van der Waals surface area (Å²) in [6.45, 7) is 1.20. The molecule has 1 aromatic carbocycles. The van der Waals surface area contributed by atoms with E-state index in [1.54, 1.807) is 0 Å². The van der Waals surface area contributed by atoms with Crippen molar-refractivity contribution in [3.63, 3.8) is 0 Å². The molecular formula is C13H15F3N2O4. The first kappa shape index (κ1) is 17.9. The quantitative estimate of drug-likeness (QED) is 0.645. The van der Waals surface area contributed by atoms with E-state index in [1.165, 1.54) is 32.0 Å². The molecular weight excluding hydrogens is 305 g/mol. The number of aryl methyl sites for hydroxylation is 1. The van der Waals surface area contributed by atoms with Gasteiger partial charge in [0, 0.05) is 12.1 Å². The molecule has 0 aliphatic heterocycles. The van der Waals surface area contributed by atoms with Crippen LogP contribution in [0.1, 0.15) is 22.8 Å². The lowest BCUT2D eigenvalue weighted by Gasteiger charge is -2.16. The number of hydrogen-bond acceptors (Lipinski definition) is 4. The first-order valence-electron chi connectivity index (χ1n) is 6.31. The molecule has 1 unspecified atom stereocenters. The number of nitrogens with one attached hydrogen (secondary N) is 1. The predicted octanol–water partition coefficient (Wildman–Crippen LogP) is 2.60. The van der Waals surface area contributed by atoms with E-state index in [0.717, 1.165) is 0 Å². The van der Waals surface area contributed by atoms with Gasteiger partial charge in [0.1, 0.15) is 12.2 Å². The van der Waals surface area contributed by atoms with Crippen molar-refractivity contribution < 1.29 is 27.6 Å². The van der Waals surface area contributed by atoms with Gasteiger partial charge in [-0.2, -0.15) is 13.2 Å². The Hall–Kier alpha value is -2.16. The molecule has 6 nitrogen and oxygen atoms in total. The second-order valence-electron chi connectivity index (χ2n) is 4.73. The predicted molar refractivity (Wildman–Crippen MR) is 71.6 cm³/mol. The van der Waals surface area contributed by atoms with Gasteiger partial charge in [-0.3, -0.25) is 14.9 Å². The fourth-order valence-corrected chi connectivity index (χ4v) is 1.79. The number of nitro benzene ring substituents is 1. The molecule has 1 amide bonds. The fraction of sp³-hybridized carbons (Fsp3) is 0.462. The summed E-state index contributed by atoms with van der Waals surface area (Å²) in [5.41, 5.74) is -0.0776. The van der Waals surface area contributed by atoms with Crippen molar-refractivity contribution in [2.45, 2.75) is 26.1 Å². The average Bonchev–Trinajstić information content (AvgIpc) is 2.36. The number of hydrogen-bond donors (Lipinski definition) is 1. The Morgan fingerprint density at radius 1 is 1.45 bits per heavy atom. The molecule has 1 rings (SSSR count). The van der Waals surface area contributed by atoms with Crippen LogP contribution in [0, 0.1) is 17.0 Å². The number of nitro groups is 1. The Balaban J connectivity index is 2.71. The normalized spacial score (nSPS) is 12.8. The van der Waals surface area contributed by atoms with E-state index in [4.69, 9.17) is 0 Å². The van der Waals surface area contributed by atoms with E-state index in [9.17, 15) is 28.1 Å². The third kappa shape index (κ3) is 5.32. The molecule has 0 aliphatic carbocycles. The summed E-state index contributed by atoms with van der Waals surface area (Å²) < 4.78 is 40.3. The molecule has 0 heterocycles. The summed E-state index contributed by atoms with van der Waals surface area (Å²) >= 11 is 0. The summed E-state index contributed by atoms with van der Waals surface area (Å²) in [5, 5.41) is 13.3. The van der Waals surface area contributed by atoms with Crippen LogP contribution in [0.15, 0.2) is 18.2 Å². The van der Waals surface area contributed by atoms with E-state index >= 15 is 0 Å². The maximum absolute atomic E-state index is 12.1. The molecule has 0 fully saturated rings. The highest BCUT2D eigenvalue weighted by Crippen LogP contribution is 2.21. The van der Waals surface area contributed by atoms with E-state index in [1.807, 2.05) is 0 Å². The van der Waals surface area contributed by atoms with Gasteiger partial charge < -0.3 is 10.1 Å². The van der Waals surface area contributed by atoms with E-state index in [2.05, 4.69) is 10.1 Å². The second kappa shape index (κ2) is 7.21.